The average molecular weight is 483 g/mol. The van der Waals surface area contributed by atoms with E-state index >= 15 is 0 Å². The summed E-state index contributed by atoms with van der Waals surface area (Å²) in [6.45, 7) is 1.55. The smallest absolute Gasteiger partial charge is 0.259 e. The molecule has 0 radical (unpaired) electrons. The first kappa shape index (κ1) is 22.6. The van der Waals surface area contributed by atoms with E-state index in [0.29, 0.717) is 28.4 Å². The second-order valence-electron chi connectivity index (χ2n) is 7.02. The quantitative estimate of drug-likeness (QED) is 0.381. The van der Waals surface area contributed by atoms with Crippen LogP contribution in [-0.4, -0.2) is 37.0 Å². The molecule has 2 heterocycles. The molecule has 0 spiro atoms. The first-order valence-corrected chi connectivity index (χ1v) is 12.6. The fraction of sp³-hybridized carbons (Fsp3) is 0.130. The van der Waals surface area contributed by atoms with Crippen LogP contribution in [0.2, 0.25) is 0 Å². The molecule has 2 aromatic carbocycles. The topological polar surface area (TPSA) is 102 Å². The van der Waals surface area contributed by atoms with Gasteiger partial charge in [-0.1, -0.05) is 24.3 Å². The molecule has 4 aromatic rings. The predicted molar refractivity (Wildman–Crippen MR) is 131 cm³/mol. The molecule has 1 amide bonds. The van der Waals surface area contributed by atoms with Crippen LogP contribution in [0, 0.1) is 0 Å². The minimum Gasteiger partial charge on any atom is -0.494 e. The second-order valence-corrected chi connectivity index (χ2v) is 9.98. The summed E-state index contributed by atoms with van der Waals surface area (Å²) in [5, 5.41) is 9.44. The van der Waals surface area contributed by atoms with Crippen LogP contribution in [0.5, 0.6) is 5.75 Å². The maximum absolute atomic E-state index is 13.2. The molecule has 170 valence electrons. The number of anilines is 2. The van der Waals surface area contributed by atoms with E-state index in [1.54, 1.807) is 36.0 Å². The van der Waals surface area contributed by atoms with E-state index < -0.39 is 10.0 Å². The number of methoxy groups -OCH3 is 1. The molecule has 2 aromatic heterocycles. The lowest BCUT2D eigenvalue weighted by atomic mass is 10.2. The molecule has 0 aliphatic heterocycles. The van der Waals surface area contributed by atoms with Gasteiger partial charge in [0.25, 0.3) is 5.91 Å². The Morgan fingerprint density at radius 3 is 2.58 bits per heavy atom. The summed E-state index contributed by atoms with van der Waals surface area (Å²) in [5.41, 5.74) is 2.58. The summed E-state index contributed by atoms with van der Waals surface area (Å²) < 4.78 is 33.3. The third-order valence-electron chi connectivity index (χ3n) is 4.84. The summed E-state index contributed by atoms with van der Waals surface area (Å²) >= 11 is 1.50. The van der Waals surface area contributed by atoms with Crippen LogP contribution in [0.4, 0.5) is 11.4 Å². The van der Waals surface area contributed by atoms with Gasteiger partial charge in [-0.05, 0) is 42.6 Å². The summed E-state index contributed by atoms with van der Waals surface area (Å²) in [4.78, 5) is 14.1. The Morgan fingerprint density at radius 2 is 1.91 bits per heavy atom. The molecule has 2 N–H and O–H groups in total. The van der Waals surface area contributed by atoms with E-state index in [0.717, 1.165) is 10.6 Å². The number of para-hydroxylation sites is 1. The van der Waals surface area contributed by atoms with Crippen molar-refractivity contribution in [3.8, 4) is 22.0 Å². The van der Waals surface area contributed by atoms with Crippen LogP contribution < -0.4 is 14.8 Å². The molecule has 0 aliphatic carbocycles. The number of aromatic nitrogens is 2. The first-order chi connectivity index (χ1) is 15.9. The van der Waals surface area contributed by atoms with Crippen molar-refractivity contribution in [1.82, 2.24) is 9.78 Å². The SMILES string of the molecule is CCS(=O)(=O)Nc1ccc(NC(=O)c2cn(-c3ccccc3)nc2-c2cccs2)cc1OC. The average Bonchev–Trinajstić information content (AvgIpc) is 3.50. The van der Waals surface area contributed by atoms with Gasteiger partial charge in [-0.3, -0.25) is 9.52 Å². The van der Waals surface area contributed by atoms with Gasteiger partial charge in [0.1, 0.15) is 11.4 Å². The number of amides is 1. The van der Waals surface area contributed by atoms with Crippen molar-refractivity contribution in [3.05, 3.63) is 77.8 Å². The fourth-order valence-electron chi connectivity index (χ4n) is 3.14. The molecule has 0 saturated carbocycles. The molecule has 0 atom stereocenters. The normalized spacial score (nSPS) is 11.2. The Hall–Kier alpha value is -3.63. The number of benzene rings is 2. The Morgan fingerprint density at radius 1 is 1.12 bits per heavy atom. The van der Waals surface area contributed by atoms with Gasteiger partial charge >= 0.3 is 0 Å². The highest BCUT2D eigenvalue weighted by atomic mass is 32.2. The maximum atomic E-state index is 13.2. The standard InChI is InChI=1S/C23H22N4O4S2/c1-3-33(29,30)26-19-12-11-16(14-20(19)31-2)24-23(28)18-15-27(17-8-5-4-6-9-17)25-22(18)21-10-7-13-32-21/h4-15,26H,3H2,1-2H3,(H,24,28). The highest BCUT2D eigenvalue weighted by molar-refractivity contribution is 7.92. The Labute approximate surface area is 195 Å². The van der Waals surface area contributed by atoms with Gasteiger partial charge in [0, 0.05) is 18.0 Å². The lowest BCUT2D eigenvalue weighted by Crippen LogP contribution is -2.16. The number of carbonyl (C=O) groups excluding carboxylic acids is 1. The fourth-order valence-corrected chi connectivity index (χ4v) is 4.51. The summed E-state index contributed by atoms with van der Waals surface area (Å²) in [6, 6.07) is 18.1. The van der Waals surface area contributed by atoms with E-state index in [4.69, 9.17) is 4.74 Å². The van der Waals surface area contributed by atoms with E-state index in [9.17, 15) is 13.2 Å². The number of nitrogens with one attached hydrogen (secondary N) is 2. The molecule has 0 bridgehead atoms. The third-order valence-corrected chi connectivity index (χ3v) is 7.01. The van der Waals surface area contributed by atoms with Gasteiger partial charge in [0.05, 0.1) is 34.7 Å². The van der Waals surface area contributed by atoms with Crippen LogP contribution >= 0.6 is 11.3 Å². The molecule has 0 unspecified atom stereocenters. The highest BCUT2D eigenvalue weighted by Gasteiger charge is 2.20. The van der Waals surface area contributed by atoms with E-state index in [1.165, 1.54) is 18.4 Å². The predicted octanol–water partition coefficient (Wildman–Crippen LogP) is 4.62. The number of ether oxygens (including phenoxy) is 1. The zero-order valence-corrected chi connectivity index (χ0v) is 19.6. The monoisotopic (exact) mass is 482 g/mol. The first-order valence-electron chi connectivity index (χ1n) is 10.1. The van der Waals surface area contributed by atoms with Gasteiger partial charge in [0.2, 0.25) is 10.0 Å². The lowest BCUT2D eigenvalue weighted by molar-refractivity contribution is 0.102. The molecule has 10 heteroatoms. The number of sulfonamides is 1. The molecule has 0 saturated heterocycles. The van der Waals surface area contributed by atoms with Crippen LogP contribution in [0.25, 0.3) is 16.3 Å². The molecular weight excluding hydrogens is 460 g/mol. The van der Waals surface area contributed by atoms with Crippen molar-refractivity contribution in [2.75, 3.05) is 22.9 Å². The number of rotatable bonds is 8. The molecule has 4 rings (SSSR count). The molecule has 0 fully saturated rings. The summed E-state index contributed by atoms with van der Waals surface area (Å²) in [7, 11) is -2.03. The van der Waals surface area contributed by atoms with Crippen LogP contribution in [-0.2, 0) is 10.0 Å². The van der Waals surface area contributed by atoms with Gasteiger partial charge < -0.3 is 10.1 Å². The highest BCUT2D eigenvalue weighted by Crippen LogP contribution is 2.31. The number of hydrogen-bond donors (Lipinski definition) is 2. The molecule has 33 heavy (non-hydrogen) atoms. The van der Waals surface area contributed by atoms with Crippen LogP contribution in [0.3, 0.4) is 0 Å². The summed E-state index contributed by atoms with van der Waals surface area (Å²) in [6.07, 6.45) is 1.70. The van der Waals surface area contributed by atoms with Crippen molar-refractivity contribution in [1.29, 1.82) is 0 Å². The van der Waals surface area contributed by atoms with Crippen LogP contribution in [0.15, 0.2) is 72.2 Å². The van der Waals surface area contributed by atoms with Gasteiger partial charge in [-0.15, -0.1) is 11.3 Å². The Kier molecular flexibility index (Phi) is 6.47. The van der Waals surface area contributed by atoms with Crippen molar-refractivity contribution >= 4 is 38.6 Å². The van der Waals surface area contributed by atoms with Gasteiger partial charge in [0.15, 0.2) is 0 Å². The summed E-state index contributed by atoms with van der Waals surface area (Å²) in [5.74, 6) is -0.112. The number of carbonyl (C=O) groups is 1. The zero-order valence-electron chi connectivity index (χ0n) is 18.0. The molecular formula is C23H22N4O4S2. The van der Waals surface area contributed by atoms with E-state index in [-0.39, 0.29) is 11.7 Å². The number of hydrogen-bond acceptors (Lipinski definition) is 6. The number of thiophene rings is 1. The van der Waals surface area contributed by atoms with Crippen molar-refractivity contribution in [3.63, 3.8) is 0 Å². The van der Waals surface area contributed by atoms with Crippen LogP contribution in [0.1, 0.15) is 17.3 Å². The third kappa shape index (κ3) is 5.07. The largest absolute Gasteiger partial charge is 0.494 e. The molecule has 0 aliphatic rings. The minimum absolute atomic E-state index is 0.0639. The zero-order chi connectivity index (χ0) is 23.4. The molecule has 8 nitrogen and oxygen atoms in total. The van der Waals surface area contributed by atoms with E-state index in [2.05, 4.69) is 15.1 Å². The van der Waals surface area contributed by atoms with Crippen molar-refractivity contribution < 1.29 is 17.9 Å². The minimum atomic E-state index is -3.47. The maximum Gasteiger partial charge on any atom is 0.259 e. The van der Waals surface area contributed by atoms with Crippen molar-refractivity contribution in [2.45, 2.75) is 6.92 Å². The number of nitrogens with zero attached hydrogens (tertiary/aromatic N) is 2. The Bertz CT molecular complexity index is 1360. The lowest BCUT2D eigenvalue weighted by Gasteiger charge is -2.13. The van der Waals surface area contributed by atoms with E-state index in [1.807, 2.05) is 47.8 Å². The Balaban J connectivity index is 1.65. The van der Waals surface area contributed by atoms with Crippen molar-refractivity contribution in [2.24, 2.45) is 0 Å². The van der Waals surface area contributed by atoms with Gasteiger partial charge in [-0.2, -0.15) is 5.10 Å². The second kappa shape index (κ2) is 9.47. The van der Waals surface area contributed by atoms with Gasteiger partial charge in [-0.25, -0.2) is 13.1 Å².